The van der Waals surface area contributed by atoms with Gasteiger partial charge >= 0.3 is 11.8 Å². The Morgan fingerprint density at radius 3 is 2.21 bits per heavy atom. The molecule has 4 heterocycles. The van der Waals surface area contributed by atoms with Crippen LogP contribution in [0, 0.1) is 6.92 Å². The number of piperazine rings is 1. The topological polar surface area (TPSA) is 87.5 Å². The van der Waals surface area contributed by atoms with E-state index in [-0.39, 0.29) is 5.91 Å². The number of ether oxygens (including phenoxy) is 1. The molecule has 2 saturated heterocycles. The lowest BCUT2D eigenvalue weighted by Crippen LogP contribution is -2.55. The molecule has 0 unspecified atom stereocenters. The summed E-state index contributed by atoms with van der Waals surface area (Å²) in [5, 5.41) is 0. The van der Waals surface area contributed by atoms with Gasteiger partial charge in [0.1, 0.15) is 11.3 Å². The van der Waals surface area contributed by atoms with Crippen molar-refractivity contribution < 1.29 is 19.1 Å². The van der Waals surface area contributed by atoms with Gasteiger partial charge in [-0.1, -0.05) is 0 Å². The number of carbonyl (C=O) groups is 3. The van der Waals surface area contributed by atoms with Crippen LogP contribution in [-0.4, -0.2) is 94.3 Å². The molecule has 4 rings (SSSR count). The molecule has 2 aliphatic rings. The Labute approximate surface area is 162 Å². The monoisotopic (exact) mass is 385 g/mol. The van der Waals surface area contributed by atoms with Gasteiger partial charge in [0.15, 0.2) is 0 Å². The fraction of sp³-hybridized carbons (Fsp3) is 0.474. The van der Waals surface area contributed by atoms with Crippen LogP contribution in [0.1, 0.15) is 16.1 Å². The number of hydrogen-bond donors (Lipinski definition) is 0. The van der Waals surface area contributed by atoms with Gasteiger partial charge in [-0.05, 0) is 24.6 Å². The van der Waals surface area contributed by atoms with E-state index in [0.29, 0.717) is 58.2 Å². The molecular weight excluding hydrogens is 362 g/mol. The SMILES string of the molecule is Cc1ccn2cc(C(=O)N3CCN(C(=O)C(=O)N4CCOCC4)CC3)nc2c1. The molecule has 0 radical (unpaired) electrons. The zero-order valence-corrected chi connectivity index (χ0v) is 15.8. The van der Waals surface area contributed by atoms with Crippen molar-refractivity contribution in [2.75, 3.05) is 52.5 Å². The van der Waals surface area contributed by atoms with Crippen LogP contribution < -0.4 is 0 Å². The molecule has 0 aliphatic carbocycles. The molecule has 2 aromatic heterocycles. The molecule has 0 spiro atoms. The Balaban J connectivity index is 1.37. The highest BCUT2D eigenvalue weighted by Crippen LogP contribution is 2.12. The molecule has 148 valence electrons. The normalized spacial score (nSPS) is 17.8. The van der Waals surface area contributed by atoms with Crippen molar-refractivity contribution in [3.8, 4) is 0 Å². The third-order valence-corrected chi connectivity index (χ3v) is 5.17. The quantitative estimate of drug-likeness (QED) is 0.634. The van der Waals surface area contributed by atoms with Crippen molar-refractivity contribution in [2.45, 2.75) is 6.92 Å². The second-order valence-corrected chi connectivity index (χ2v) is 7.08. The molecule has 0 bridgehead atoms. The van der Waals surface area contributed by atoms with E-state index in [1.807, 2.05) is 29.7 Å². The Bertz CT molecular complexity index is 910. The van der Waals surface area contributed by atoms with Crippen molar-refractivity contribution in [2.24, 2.45) is 0 Å². The van der Waals surface area contributed by atoms with Crippen LogP contribution in [0.25, 0.3) is 5.65 Å². The third-order valence-electron chi connectivity index (χ3n) is 5.17. The summed E-state index contributed by atoms with van der Waals surface area (Å²) in [4.78, 5) is 46.7. The Hall–Kier alpha value is -2.94. The van der Waals surface area contributed by atoms with Gasteiger partial charge in [0.05, 0.1) is 13.2 Å². The van der Waals surface area contributed by atoms with Crippen molar-refractivity contribution >= 4 is 23.4 Å². The van der Waals surface area contributed by atoms with Gasteiger partial charge in [0.25, 0.3) is 5.91 Å². The molecule has 2 aliphatic heterocycles. The summed E-state index contributed by atoms with van der Waals surface area (Å²) in [5.41, 5.74) is 2.19. The highest BCUT2D eigenvalue weighted by atomic mass is 16.5. The molecular formula is C19H23N5O4. The van der Waals surface area contributed by atoms with E-state index in [2.05, 4.69) is 4.98 Å². The average molecular weight is 385 g/mol. The van der Waals surface area contributed by atoms with Gasteiger partial charge in [-0.25, -0.2) is 4.98 Å². The van der Waals surface area contributed by atoms with Crippen LogP contribution in [0.3, 0.4) is 0 Å². The number of aromatic nitrogens is 2. The van der Waals surface area contributed by atoms with E-state index >= 15 is 0 Å². The smallest absolute Gasteiger partial charge is 0.312 e. The molecule has 2 fully saturated rings. The number of aryl methyl sites for hydroxylation is 1. The van der Waals surface area contributed by atoms with Gasteiger partial charge in [-0.2, -0.15) is 0 Å². The predicted octanol–water partition coefficient (Wildman–Crippen LogP) is -0.214. The molecule has 0 atom stereocenters. The van der Waals surface area contributed by atoms with Gasteiger partial charge in [0.2, 0.25) is 0 Å². The lowest BCUT2D eigenvalue weighted by Gasteiger charge is -2.35. The average Bonchev–Trinajstić information content (AvgIpc) is 3.16. The molecule has 0 aromatic carbocycles. The van der Waals surface area contributed by atoms with Gasteiger partial charge in [0, 0.05) is 51.7 Å². The number of fused-ring (bicyclic) bond motifs is 1. The maximum atomic E-state index is 12.8. The maximum Gasteiger partial charge on any atom is 0.312 e. The van der Waals surface area contributed by atoms with Gasteiger partial charge in [-0.3, -0.25) is 14.4 Å². The molecule has 9 nitrogen and oxygen atoms in total. The first kappa shape index (κ1) is 18.4. The van der Waals surface area contributed by atoms with Crippen LogP contribution in [0.2, 0.25) is 0 Å². The highest BCUT2D eigenvalue weighted by molar-refractivity contribution is 6.34. The Morgan fingerprint density at radius 1 is 0.929 bits per heavy atom. The van der Waals surface area contributed by atoms with Crippen molar-refractivity contribution in [1.29, 1.82) is 0 Å². The Kier molecular flexibility index (Phi) is 4.99. The first-order valence-corrected chi connectivity index (χ1v) is 9.43. The second-order valence-electron chi connectivity index (χ2n) is 7.08. The first-order valence-electron chi connectivity index (χ1n) is 9.43. The summed E-state index contributed by atoms with van der Waals surface area (Å²) < 4.78 is 7.04. The molecule has 2 aromatic rings. The minimum Gasteiger partial charge on any atom is -0.378 e. The highest BCUT2D eigenvalue weighted by Gasteiger charge is 2.32. The fourth-order valence-electron chi connectivity index (χ4n) is 3.50. The number of amides is 3. The molecule has 9 heteroatoms. The molecule has 28 heavy (non-hydrogen) atoms. The lowest BCUT2D eigenvalue weighted by molar-refractivity contribution is -0.154. The fourth-order valence-corrected chi connectivity index (χ4v) is 3.50. The van der Waals surface area contributed by atoms with Crippen LogP contribution in [0.15, 0.2) is 24.5 Å². The summed E-state index contributed by atoms with van der Waals surface area (Å²) in [6.07, 6.45) is 3.60. The standard InChI is InChI=1S/C19H23N5O4/c1-14-2-3-24-13-15(20-16(24)12-14)17(25)21-4-6-22(7-5-21)18(26)19(27)23-8-10-28-11-9-23/h2-3,12-13H,4-11H2,1H3. The number of morpholine rings is 1. The second kappa shape index (κ2) is 7.59. The summed E-state index contributed by atoms with van der Waals surface area (Å²) in [6, 6.07) is 3.88. The van der Waals surface area contributed by atoms with Crippen molar-refractivity contribution in [3.05, 3.63) is 35.8 Å². The summed E-state index contributed by atoms with van der Waals surface area (Å²) in [6.45, 7) is 5.22. The van der Waals surface area contributed by atoms with E-state index in [4.69, 9.17) is 4.74 Å². The number of rotatable bonds is 1. The van der Waals surface area contributed by atoms with Crippen molar-refractivity contribution in [3.63, 3.8) is 0 Å². The zero-order valence-electron chi connectivity index (χ0n) is 15.8. The largest absolute Gasteiger partial charge is 0.378 e. The van der Waals surface area contributed by atoms with E-state index in [1.54, 1.807) is 11.1 Å². The Morgan fingerprint density at radius 2 is 1.54 bits per heavy atom. The van der Waals surface area contributed by atoms with Crippen LogP contribution in [0.5, 0.6) is 0 Å². The number of nitrogens with zero attached hydrogens (tertiary/aromatic N) is 5. The summed E-state index contributed by atoms with van der Waals surface area (Å²) >= 11 is 0. The van der Waals surface area contributed by atoms with Crippen molar-refractivity contribution in [1.82, 2.24) is 24.1 Å². The number of hydrogen-bond acceptors (Lipinski definition) is 5. The third kappa shape index (κ3) is 3.57. The van der Waals surface area contributed by atoms with E-state index in [0.717, 1.165) is 11.2 Å². The van der Waals surface area contributed by atoms with Crippen LogP contribution >= 0.6 is 0 Å². The minimum absolute atomic E-state index is 0.159. The molecule has 0 N–H and O–H groups in total. The van der Waals surface area contributed by atoms with Crippen LogP contribution in [0.4, 0.5) is 0 Å². The molecule has 0 saturated carbocycles. The first-order chi connectivity index (χ1) is 13.5. The number of carbonyl (C=O) groups excluding carboxylic acids is 3. The maximum absolute atomic E-state index is 12.8. The van der Waals surface area contributed by atoms with Crippen LogP contribution in [-0.2, 0) is 14.3 Å². The number of pyridine rings is 1. The molecule has 3 amide bonds. The van der Waals surface area contributed by atoms with E-state index < -0.39 is 11.8 Å². The predicted molar refractivity (Wildman–Crippen MR) is 99.8 cm³/mol. The lowest BCUT2D eigenvalue weighted by atomic mass is 10.2. The van der Waals surface area contributed by atoms with E-state index in [1.165, 1.54) is 9.80 Å². The summed E-state index contributed by atoms with van der Waals surface area (Å²) in [5.74, 6) is -1.15. The number of imidazole rings is 1. The van der Waals surface area contributed by atoms with Gasteiger partial charge < -0.3 is 23.8 Å². The minimum atomic E-state index is -0.503. The zero-order chi connectivity index (χ0) is 19.7. The summed E-state index contributed by atoms with van der Waals surface area (Å²) in [7, 11) is 0. The van der Waals surface area contributed by atoms with Gasteiger partial charge in [-0.15, -0.1) is 0 Å². The van der Waals surface area contributed by atoms with E-state index in [9.17, 15) is 14.4 Å².